The third-order valence-electron chi connectivity index (χ3n) is 1.85. The first-order valence-electron chi connectivity index (χ1n) is 5.24. The molecule has 0 aliphatic rings. The minimum absolute atomic E-state index is 0.153. The summed E-state index contributed by atoms with van der Waals surface area (Å²) in [7, 11) is 1.55. The number of para-hydroxylation sites is 1. The van der Waals surface area contributed by atoms with Crippen LogP contribution in [0.25, 0.3) is 0 Å². The average molecular weight is 258 g/mol. The molecule has 0 aliphatic heterocycles. The van der Waals surface area contributed by atoms with Crippen molar-refractivity contribution in [2.75, 3.05) is 19.0 Å². The van der Waals surface area contributed by atoms with E-state index >= 15 is 0 Å². The van der Waals surface area contributed by atoms with Crippen molar-refractivity contribution >= 4 is 23.9 Å². The lowest BCUT2D eigenvalue weighted by Gasteiger charge is -2.15. The fourth-order valence-electron chi connectivity index (χ4n) is 0.990. The number of amides is 2. The van der Waals surface area contributed by atoms with Crippen LogP contribution in [0.5, 0.6) is 0 Å². The third kappa shape index (κ3) is 4.62. The normalized spacial score (nSPS) is 10.1. The van der Waals surface area contributed by atoms with E-state index in [1.807, 2.05) is 6.92 Å². The van der Waals surface area contributed by atoms with Gasteiger partial charge >= 0.3 is 6.03 Å². The minimum atomic E-state index is -0.464. The summed E-state index contributed by atoms with van der Waals surface area (Å²) in [6.07, 6.45) is 0.871. The Morgan fingerprint density at radius 3 is 2.88 bits per heavy atom. The maximum atomic E-state index is 13.2. The van der Waals surface area contributed by atoms with Crippen LogP contribution in [0.3, 0.4) is 0 Å². The molecule has 17 heavy (non-hydrogen) atoms. The Morgan fingerprint density at radius 1 is 1.53 bits per heavy atom. The highest BCUT2D eigenvalue weighted by Crippen LogP contribution is 2.15. The van der Waals surface area contributed by atoms with Gasteiger partial charge in [0, 0.05) is 7.05 Å². The second kappa shape index (κ2) is 7.13. The number of halogens is 1. The van der Waals surface area contributed by atoms with E-state index in [2.05, 4.69) is 5.32 Å². The lowest BCUT2D eigenvalue weighted by molar-refractivity contribution is 0.239. The van der Waals surface area contributed by atoms with Crippen molar-refractivity contribution in [2.45, 2.75) is 13.3 Å². The molecule has 0 aliphatic carbocycles. The van der Waals surface area contributed by atoms with E-state index in [0.29, 0.717) is 6.61 Å². The molecule has 1 rings (SSSR count). The molecule has 1 aromatic carbocycles. The van der Waals surface area contributed by atoms with Gasteiger partial charge in [0.05, 0.1) is 12.3 Å². The summed E-state index contributed by atoms with van der Waals surface area (Å²) < 4.78 is 19.6. The number of benzene rings is 1. The molecule has 4 nitrogen and oxygen atoms in total. The smallest absolute Gasteiger partial charge is 0.304 e. The summed E-state index contributed by atoms with van der Waals surface area (Å²) in [6.45, 7) is 2.53. The fourth-order valence-corrected chi connectivity index (χ4v) is 1.50. The number of anilines is 1. The Morgan fingerprint density at radius 2 is 2.24 bits per heavy atom. The number of rotatable bonds is 5. The molecule has 6 heteroatoms. The SMILES string of the molecule is CCCOSN(C)C(=O)Nc1ccccc1F. The molecule has 0 unspecified atom stereocenters. The monoisotopic (exact) mass is 258 g/mol. The van der Waals surface area contributed by atoms with Gasteiger partial charge in [-0.1, -0.05) is 19.1 Å². The lowest BCUT2D eigenvalue weighted by atomic mass is 10.3. The molecule has 1 N–H and O–H groups in total. The first-order chi connectivity index (χ1) is 8.15. The summed E-state index contributed by atoms with van der Waals surface area (Å²) in [5, 5.41) is 2.45. The zero-order valence-corrected chi connectivity index (χ0v) is 10.6. The van der Waals surface area contributed by atoms with Crippen molar-refractivity contribution in [1.29, 1.82) is 0 Å². The highest BCUT2D eigenvalue weighted by atomic mass is 32.2. The first-order valence-corrected chi connectivity index (χ1v) is 5.93. The third-order valence-corrected chi connectivity index (χ3v) is 2.51. The molecule has 0 bridgehead atoms. The topological polar surface area (TPSA) is 41.6 Å². The molecule has 0 spiro atoms. The molecule has 0 heterocycles. The van der Waals surface area contributed by atoms with Crippen molar-refractivity contribution in [1.82, 2.24) is 4.31 Å². The Kier molecular flexibility index (Phi) is 5.79. The molecule has 0 aromatic heterocycles. The molecular formula is C11H15FN2O2S. The zero-order valence-electron chi connectivity index (χ0n) is 9.77. The van der Waals surface area contributed by atoms with E-state index in [4.69, 9.17) is 4.18 Å². The molecule has 2 amide bonds. The van der Waals surface area contributed by atoms with Crippen molar-refractivity contribution in [3.63, 3.8) is 0 Å². The Labute approximate surface area is 104 Å². The second-order valence-corrected chi connectivity index (χ2v) is 4.24. The van der Waals surface area contributed by atoms with E-state index in [1.54, 1.807) is 19.2 Å². The summed E-state index contributed by atoms with van der Waals surface area (Å²) in [5.74, 6) is -0.464. The van der Waals surface area contributed by atoms with Gasteiger partial charge in [0.2, 0.25) is 0 Å². The highest BCUT2D eigenvalue weighted by molar-refractivity contribution is 7.92. The molecule has 0 saturated heterocycles. The Hall–Kier alpha value is -1.27. The summed E-state index contributed by atoms with van der Waals surface area (Å²) in [6, 6.07) is 5.57. The molecule has 94 valence electrons. The number of hydrogen-bond acceptors (Lipinski definition) is 3. The van der Waals surface area contributed by atoms with Crippen LogP contribution in [0.4, 0.5) is 14.9 Å². The minimum Gasteiger partial charge on any atom is -0.304 e. The Balaban J connectivity index is 2.46. The van der Waals surface area contributed by atoms with Crippen molar-refractivity contribution in [3.05, 3.63) is 30.1 Å². The average Bonchev–Trinajstić information content (AvgIpc) is 2.32. The van der Waals surface area contributed by atoms with Gasteiger partial charge < -0.3 is 5.32 Å². The van der Waals surface area contributed by atoms with Crippen LogP contribution in [0.1, 0.15) is 13.3 Å². The maximum Gasteiger partial charge on any atom is 0.333 e. The number of carbonyl (C=O) groups excluding carboxylic acids is 1. The van der Waals surface area contributed by atoms with Crippen LogP contribution in [0.2, 0.25) is 0 Å². The van der Waals surface area contributed by atoms with Crippen LogP contribution >= 0.6 is 12.2 Å². The number of nitrogens with one attached hydrogen (secondary N) is 1. The van der Waals surface area contributed by atoms with Gasteiger partial charge in [-0.05, 0) is 18.6 Å². The van der Waals surface area contributed by atoms with Gasteiger partial charge in [-0.15, -0.1) is 0 Å². The molecular weight excluding hydrogens is 243 g/mol. The van der Waals surface area contributed by atoms with Crippen molar-refractivity contribution in [3.8, 4) is 0 Å². The number of nitrogens with zero attached hydrogens (tertiary/aromatic N) is 1. The predicted octanol–water partition coefficient (Wildman–Crippen LogP) is 3.28. The summed E-state index contributed by atoms with van der Waals surface area (Å²) in [5.41, 5.74) is 0.153. The van der Waals surface area contributed by atoms with E-state index < -0.39 is 11.8 Å². The van der Waals surface area contributed by atoms with E-state index in [0.717, 1.165) is 18.6 Å². The molecule has 0 radical (unpaired) electrons. The quantitative estimate of drug-likeness (QED) is 0.500. The standard InChI is InChI=1S/C11H15FN2O2S/c1-3-8-16-17-14(2)11(15)13-10-7-5-4-6-9(10)12/h4-7H,3,8H2,1-2H3,(H,13,15). The van der Waals surface area contributed by atoms with Crippen molar-refractivity contribution in [2.24, 2.45) is 0 Å². The van der Waals surface area contributed by atoms with Gasteiger partial charge in [0.25, 0.3) is 0 Å². The Bertz CT molecular complexity index is 376. The van der Waals surface area contributed by atoms with E-state index in [-0.39, 0.29) is 5.69 Å². The van der Waals surface area contributed by atoms with Gasteiger partial charge in [-0.2, -0.15) is 0 Å². The van der Waals surface area contributed by atoms with E-state index in [1.165, 1.54) is 16.4 Å². The van der Waals surface area contributed by atoms with Gasteiger partial charge in [-0.3, -0.25) is 4.18 Å². The van der Waals surface area contributed by atoms with Crippen LogP contribution in [-0.4, -0.2) is 24.0 Å². The van der Waals surface area contributed by atoms with Gasteiger partial charge in [0.1, 0.15) is 18.0 Å². The largest absolute Gasteiger partial charge is 0.333 e. The van der Waals surface area contributed by atoms with Crippen LogP contribution in [0.15, 0.2) is 24.3 Å². The van der Waals surface area contributed by atoms with Gasteiger partial charge in [0.15, 0.2) is 0 Å². The lowest BCUT2D eigenvalue weighted by Crippen LogP contribution is -2.26. The van der Waals surface area contributed by atoms with Crippen molar-refractivity contribution < 1.29 is 13.4 Å². The highest BCUT2D eigenvalue weighted by Gasteiger charge is 2.11. The first kappa shape index (κ1) is 13.8. The number of hydrogen-bond donors (Lipinski definition) is 1. The molecule has 1 aromatic rings. The predicted molar refractivity (Wildman–Crippen MR) is 67.0 cm³/mol. The number of carbonyl (C=O) groups is 1. The second-order valence-electron chi connectivity index (χ2n) is 3.30. The summed E-state index contributed by atoms with van der Waals surface area (Å²) >= 11 is 0.933. The fraction of sp³-hybridized carbons (Fsp3) is 0.364. The maximum absolute atomic E-state index is 13.2. The molecule has 0 atom stereocenters. The zero-order chi connectivity index (χ0) is 12.7. The van der Waals surface area contributed by atoms with Crippen LogP contribution in [-0.2, 0) is 4.18 Å². The number of urea groups is 1. The summed E-state index contributed by atoms with van der Waals surface area (Å²) in [4.78, 5) is 11.6. The molecule has 0 saturated carbocycles. The van der Waals surface area contributed by atoms with Gasteiger partial charge in [-0.25, -0.2) is 13.5 Å². The van der Waals surface area contributed by atoms with Crippen LogP contribution < -0.4 is 5.32 Å². The molecule has 0 fully saturated rings. The van der Waals surface area contributed by atoms with E-state index in [9.17, 15) is 9.18 Å². The van der Waals surface area contributed by atoms with Crippen LogP contribution in [0, 0.1) is 5.82 Å².